The van der Waals surface area contributed by atoms with Crippen molar-refractivity contribution in [3.8, 4) is 0 Å². The predicted molar refractivity (Wildman–Crippen MR) is 45.5 cm³/mol. The number of aliphatic hydroxyl groups is 1. The van der Waals surface area contributed by atoms with Gasteiger partial charge in [0.15, 0.2) is 0 Å². The molecule has 0 fully saturated rings. The second kappa shape index (κ2) is 3.59. The highest BCUT2D eigenvalue weighted by molar-refractivity contribution is 5.85. The topological polar surface area (TPSA) is 64.1 Å². The summed E-state index contributed by atoms with van der Waals surface area (Å²) in [6, 6.07) is 1.66. The number of aliphatic hydroxyl groups excluding tert-OH is 1. The Bertz CT molecular complexity index is 234. The van der Waals surface area contributed by atoms with E-state index >= 15 is 0 Å². The fraction of sp³-hybridized carbons (Fsp3) is 0.500. The van der Waals surface area contributed by atoms with Crippen LogP contribution in [0.2, 0.25) is 0 Å². The van der Waals surface area contributed by atoms with Crippen molar-refractivity contribution in [2.45, 2.75) is 13.0 Å². The fourth-order valence-corrected chi connectivity index (χ4v) is 0.896. The average Bonchev–Trinajstić information content (AvgIpc) is 2.10. The van der Waals surface area contributed by atoms with Crippen LogP contribution in [-0.4, -0.2) is 14.9 Å². The molecule has 0 saturated carbocycles. The summed E-state index contributed by atoms with van der Waals surface area (Å²) in [5.41, 5.74) is 6.11. The molecule has 64 valence electrons. The molecule has 0 bridgehead atoms. The van der Waals surface area contributed by atoms with Crippen LogP contribution in [0.25, 0.3) is 0 Å². The Morgan fingerprint density at radius 2 is 2.27 bits per heavy atom. The van der Waals surface area contributed by atoms with Gasteiger partial charge in [0.05, 0.1) is 11.8 Å². The van der Waals surface area contributed by atoms with E-state index in [-0.39, 0.29) is 12.4 Å². The average molecular weight is 178 g/mol. The molecule has 1 aromatic heterocycles. The molecule has 1 heterocycles. The van der Waals surface area contributed by atoms with Crippen LogP contribution in [0.1, 0.15) is 18.7 Å². The smallest absolute Gasteiger partial charge is 0.145 e. The molecule has 0 aliphatic heterocycles. The summed E-state index contributed by atoms with van der Waals surface area (Å²) in [5, 5.41) is 13.0. The van der Waals surface area contributed by atoms with Crippen LogP contribution in [0.4, 0.5) is 5.82 Å². The summed E-state index contributed by atoms with van der Waals surface area (Å²) in [6.45, 7) is 1.68. The van der Waals surface area contributed by atoms with Crippen molar-refractivity contribution in [3.05, 3.63) is 11.8 Å². The molecular formula is C6H12ClN3O. The van der Waals surface area contributed by atoms with Crippen molar-refractivity contribution in [3.63, 3.8) is 0 Å². The molecule has 0 radical (unpaired) electrons. The zero-order chi connectivity index (χ0) is 7.72. The second-order valence-electron chi connectivity index (χ2n) is 2.29. The molecule has 5 heteroatoms. The normalized spacial score (nSPS) is 12.3. The van der Waals surface area contributed by atoms with Gasteiger partial charge in [-0.25, -0.2) is 0 Å². The van der Waals surface area contributed by atoms with Crippen molar-refractivity contribution in [2.24, 2.45) is 7.05 Å². The molecule has 0 aromatic carbocycles. The van der Waals surface area contributed by atoms with Crippen LogP contribution < -0.4 is 5.73 Å². The lowest BCUT2D eigenvalue weighted by atomic mass is 10.3. The number of hydrogen-bond acceptors (Lipinski definition) is 3. The van der Waals surface area contributed by atoms with Crippen molar-refractivity contribution in [1.29, 1.82) is 0 Å². The highest BCUT2D eigenvalue weighted by Crippen LogP contribution is 2.12. The first-order chi connectivity index (χ1) is 4.61. The predicted octanol–water partition coefficient (Wildman–Crippen LogP) is 0.477. The van der Waals surface area contributed by atoms with E-state index in [1.54, 1.807) is 24.7 Å². The summed E-state index contributed by atoms with van der Waals surface area (Å²) >= 11 is 0. The number of aromatic nitrogens is 2. The summed E-state index contributed by atoms with van der Waals surface area (Å²) in [7, 11) is 1.75. The monoisotopic (exact) mass is 177 g/mol. The first-order valence-corrected chi connectivity index (χ1v) is 3.08. The van der Waals surface area contributed by atoms with E-state index in [4.69, 9.17) is 10.8 Å². The molecule has 0 spiro atoms. The van der Waals surface area contributed by atoms with Gasteiger partial charge in [-0.1, -0.05) is 0 Å². The van der Waals surface area contributed by atoms with E-state index in [0.29, 0.717) is 5.82 Å². The molecule has 1 atom stereocenters. The standard InChI is InChI=1S/C6H11N3O.ClH/c1-4(10)5-3-6(7)8-9(5)2;/h3-4,10H,1-2H3,(H2,7,8);1H. The van der Waals surface area contributed by atoms with Gasteiger partial charge in [-0.3, -0.25) is 4.68 Å². The molecule has 4 nitrogen and oxygen atoms in total. The summed E-state index contributed by atoms with van der Waals surface area (Å²) < 4.78 is 1.57. The Labute approximate surface area is 71.4 Å². The molecule has 3 N–H and O–H groups in total. The molecule has 11 heavy (non-hydrogen) atoms. The third-order valence-electron chi connectivity index (χ3n) is 1.36. The number of rotatable bonds is 1. The SMILES string of the molecule is CC(O)c1cc(N)nn1C.Cl. The summed E-state index contributed by atoms with van der Waals surface area (Å²) in [4.78, 5) is 0. The minimum absolute atomic E-state index is 0. The van der Waals surface area contributed by atoms with Crippen LogP contribution in [-0.2, 0) is 7.05 Å². The van der Waals surface area contributed by atoms with Gasteiger partial charge in [-0.05, 0) is 6.92 Å². The molecule has 0 aliphatic rings. The number of anilines is 1. The van der Waals surface area contributed by atoms with E-state index in [0.717, 1.165) is 5.69 Å². The molecule has 0 saturated heterocycles. The zero-order valence-corrected chi connectivity index (χ0v) is 7.30. The highest BCUT2D eigenvalue weighted by atomic mass is 35.5. The van der Waals surface area contributed by atoms with Gasteiger partial charge in [0, 0.05) is 13.1 Å². The molecular weight excluding hydrogens is 166 g/mol. The van der Waals surface area contributed by atoms with E-state index in [2.05, 4.69) is 5.10 Å². The quantitative estimate of drug-likeness (QED) is 0.656. The van der Waals surface area contributed by atoms with Crippen molar-refractivity contribution in [1.82, 2.24) is 9.78 Å². The van der Waals surface area contributed by atoms with Crippen molar-refractivity contribution >= 4 is 18.2 Å². The molecule has 1 unspecified atom stereocenters. The Kier molecular flexibility index (Phi) is 3.35. The van der Waals surface area contributed by atoms with Gasteiger partial charge in [0.1, 0.15) is 5.82 Å². The molecule has 0 aliphatic carbocycles. The van der Waals surface area contributed by atoms with Gasteiger partial charge in [0.25, 0.3) is 0 Å². The van der Waals surface area contributed by atoms with Gasteiger partial charge < -0.3 is 10.8 Å². The Balaban J connectivity index is 0.000001000. The maximum Gasteiger partial charge on any atom is 0.145 e. The lowest BCUT2D eigenvalue weighted by molar-refractivity contribution is 0.189. The zero-order valence-electron chi connectivity index (χ0n) is 6.48. The van der Waals surface area contributed by atoms with Gasteiger partial charge >= 0.3 is 0 Å². The number of nitrogens with two attached hydrogens (primary N) is 1. The van der Waals surface area contributed by atoms with Crippen LogP contribution >= 0.6 is 12.4 Å². The van der Waals surface area contributed by atoms with Crippen LogP contribution in [0.5, 0.6) is 0 Å². The van der Waals surface area contributed by atoms with Crippen LogP contribution in [0.15, 0.2) is 6.07 Å². The number of nitrogen functional groups attached to an aromatic ring is 1. The second-order valence-corrected chi connectivity index (χ2v) is 2.29. The number of halogens is 1. The number of nitrogens with zero attached hydrogens (tertiary/aromatic N) is 2. The van der Waals surface area contributed by atoms with Crippen LogP contribution in [0.3, 0.4) is 0 Å². The molecule has 1 aromatic rings. The lowest BCUT2D eigenvalue weighted by Crippen LogP contribution is -2.01. The maximum absolute atomic E-state index is 9.10. The number of hydrogen-bond donors (Lipinski definition) is 2. The van der Waals surface area contributed by atoms with Crippen molar-refractivity contribution < 1.29 is 5.11 Å². The maximum atomic E-state index is 9.10. The lowest BCUT2D eigenvalue weighted by Gasteiger charge is -2.01. The Morgan fingerprint density at radius 1 is 1.73 bits per heavy atom. The van der Waals surface area contributed by atoms with E-state index in [1.165, 1.54) is 0 Å². The van der Waals surface area contributed by atoms with Crippen molar-refractivity contribution in [2.75, 3.05) is 5.73 Å². The first-order valence-electron chi connectivity index (χ1n) is 3.08. The molecule has 0 amide bonds. The minimum Gasteiger partial charge on any atom is -0.387 e. The molecule has 1 rings (SSSR count). The van der Waals surface area contributed by atoms with Gasteiger partial charge in [-0.15, -0.1) is 12.4 Å². The van der Waals surface area contributed by atoms with E-state index in [9.17, 15) is 0 Å². The summed E-state index contributed by atoms with van der Waals surface area (Å²) in [6.07, 6.45) is -0.505. The minimum atomic E-state index is -0.505. The number of aryl methyl sites for hydroxylation is 1. The Hall–Kier alpha value is -0.740. The highest BCUT2D eigenvalue weighted by Gasteiger charge is 2.06. The first kappa shape index (κ1) is 10.3. The van der Waals surface area contributed by atoms with Crippen LogP contribution in [0, 0.1) is 0 Å². The summed E-state index contributed by atoms with van der Waals surface area (Å²) in [5.74, 6) is 0.443. The third-order valence-corrected chi connectivity index (χ3v) is 1.36. The van der Waals surface area contributed by atoms with Gasteiger partial charge in [0.2, 0.25) is 0 Å². The third kappa shape index (κ3) is 2.10. The largest absolute Gasteiger partial charge is 0.387 e. The van der Waals surface area contributed by atoms with E-state index in [1.807, 2.05) is 0 Å². The Morgan fingerprint density at radius 3 is 2.45 bits per heavy atom. The van der Waals surface area contributed by atoms with Gasteiger partial charge in [-0.2, -0.15) is 5.10 Å². The fourth-order valence-electron chi connectivity index (χ4n) is 0.896. The van der Waals surface area contributed by atoms with E-state index < -0.39 is 6.10 Å².